The van der Waals surface area contributed by atoms with Crippen LogP contribution in [0.5, 0.6) is 0 Å². The molecule has 0 aromatic heterocycles. The quantitative estimate of drug-likeness (QED) is 0.321. The molecule has 0 amide bonds. The summed E-state index contributed by atoms with van der Waals surface area (Å²) in [6.45, 7) is 2.17. The maximum Gasteiger partial charge on any atom is 0.303 e. The highest BCUT2D eigenvalue weighted by atomic mass is 16.4. The minimum absolute atomic E-state index is 0.304. The van der Waals surface area contributed by atoms with Crippen LogP contribution in [-0.4, -0.2) is 22.3 Å². The largest absolute Gasteiger partial charge is 0.481 e. The second-order valence-electron chi connectivity index (χ2n) is 5.93. The monoisotopic (exact) mass is 310 g/mol. The number of aliphatic carboxylic acids is 1. The third-order valence-electron chi connectivity index (χ3n) is 3.70. The molecule has 128 valence electrons. The van der Waals surface area contributed by atoms with Gasteiger partial charge < -0.3 is 10.2 Å². The van der Waals surface area contributed by atoms with E-state index in [0.29, 0.717) is 6.42 Å². The topological polar surface area (TPSA) is 57.5 Å². The predicted octanol–water partition coefficient (Wildman–Crippen LogP) is 5.25. The van der Waals surface area contributed by atoms with Gasteiger partial charge in [0, 0.05) is 6.42 Å². The summed E-state index contributed by atoms with van der Waals surface area (Å²) in [6.07, 6.45) is 20.0. The summed E-state index contributed by atoms with van der Waals surface area (Å²) in [5.74, 6) is -0.686. The first-order chi connectivity index (χ1) is 10.7. The van der Waals surface area contributed by atoms with Crippen molar-refractivity contribution in [3.05, 3.63) is 24.3 Å². The smallest absolute Gasteiger partial charge is 0.303 e. The Balaban J connectivity index is 3.34. The number of unbranched alkanes of at least 4 members (excludes halogenated alkanes) is 8. The fraction of sp³-hybridized carbons (Fsp3) is 0.737. The van der Waals surface area contributed by atoms with Gasteiger partial charge in [-0.3, -0.25) is 4.79 Å². The van der Waals surface area contributed by atoms with Crippen LogP contribution in [0.3, 0.4) is 0 Å². The van der Waals surface area contributed by atoms with Crippen molar-refractivity contribution in [1.29, 1.82) is 0 Å². The first-order valence-corrected chi connectivity index (χ1v) is 8.90. The Kier molecular flexibility index (Phi) is 15.5. The van der Waals surface area contributed by atoms with Crippen LogP contribution in [0.15, 0.2) is 24.3 Å². The number of aliphatic hydroxyl groups is 1. The van der Waals surface area contributed by atoms with Gasteiger partial charge in [0.1, 0.15) is 0 Å². The van der Waals surface area contributed by atoms with Crippen molar-refractivity contribution < 1.29 is 15.0 Å². The van der Waals surface area contributed by atoms with Crippen molar-refractivity contribution in [2.45, 2.75) is 90.1 Å². The molecular formula is C19H34O3. The van der Waals surface area contributed by atoms with Gasteiger partial charge in [0.25, 0.3) is 0 Å². The molecule has 3 nitrogen and oxygen atoms in total. The van der Waals surface area contributed by atoms with E-state index in [4.69, 9.17) is 5.11 Å². The van der Waals surface area contributed by atoms with Crippen LogP contribution < -0.4 is 0 Å². The van der Waals surface area contributed by atoms with E-state index in [1.54, 1.807) is 0 Å². The molecule has 1 unspecified atom stereocenters. The zero-order valence-electron chi connectivity index (χ0n) is 14.2. The summed E-state index contributed by atoms with van der Waals surface area (Å²) in [4.78, 5) is 10.3. The van der Waals surface area contributed by atoms with Crippen molar-refractivity contribution in [3.63, 3.8) is 0 Å². The molecule has 2 N–H and O–H groups in total. The molecule has 0 aliphatic rings. The van der Waals surface area contributed by atoms with Crippen LogP contribution in [0.1, 0.15) is 84.0 Å². The molecule has 0 saturated heterocycles. The highest BCUT2D eigenvalue weighted by Gasteiger charge is 1.97. The summed E-state index contributed by atoms with van der Waals surface area (Å²) in [7, 11) is 0. The minimum Gasteiger partial charge on any atom is -0.481 e. The number of carboxylic acid groups (broad SMARTS) is 1. The van der Waals surface area contributed by atoms with Crippen molar-refractivity contribution in [1.82, 2.24) is 0 Å². The van der Waals surface area contributed by atoms with Gasteiger partial charge in [-0.25, -0.2) is 0 Å². The molecule has 0 saturated carbocycles. The molecule has 3 heteroatoms. The van der Waals surface area contributed by atoms with E-state index in [0.717, 1.165) is 38.5 Å². The van der Waals surface area contributed by atoms with Gasteiger partial charge in [-0.1, -0.05) is 76.2 Å². The average molecular weight is 310 g/mol. The van der Waals surface area contributed by atoms with Crippen molar-refractivity contribution in [2.24, 2.45) is 0 Å². The summed E-state index contributed by atoms with van der Waals surface area (Å²) >= 11 is 0. The third kappa shape index (κ3) is 17.0. The van der Waals surface area contributed by atoms with Gasteiger partial charge in [0.05, 0.1) is 6.10 Å². The Morgan fingerprint density at radius 1 is 0.955 bits per heavy atom. The van der Waals surface area contributed by atoms with E-state index in [1.165, 1.54) is 32.1 Å². The standard InChI is InChI=1S/C19H34O3/c1-2-3-12-15-18(20)16-13-10-8-6-4-5-7-9-11-14-17-19(21)22/h8,10,13,16,18,20H,2-7,9,11-12,14-15,17H2,1H3,(H,21,22)/b10-8+,16-13+. The number of carboxylic acids is 1. The summed E-state index contributed by atoms with van der Waals surface area (Å²) in [6, 6.07) is 0. The van der Waals surface area contributed by atoms with Gasteiger partial charge in [-0.15, -0.1) is 0 Å². The molecule has 0 aromatic rings. The third-order valence-corrected chi connectivity index (χ3v) is 3.70. The van der Waals surface area contributed by atoms with Crippen LogP contribution in [0.2, 0.25) is 0 Å². The molecule has 1 atom stereocenters. The molecule has 0 fully saturated rings. The zero-order chi connectivity index (χ0) is 16.5. The summed E-state index contributed by atoms with van der Waals surface area (Å²) in [5, 5.41) is 18.2. The maximum absolute atomic E-state index is 10.3. The number of rotatable bonds is 15. The number of hydrogen-bond donors (Lipinski definition) is 2. The Hall–Kier alpha value is -1.09. The fourth-order valence-corrected chi connectivity index (χ4v) is 2.31. The Morgan fingerprint density at radius 2 is 1.64 bits per heavy atom. The molecule has 0 rings (SSSR count). The minimum atomic E-state index is -0.686. The highest BCUT2D eigenvalue weighted by Crippen LogP contribution is 2.09. The van der Waals surface area contributed by atoms with Crippen LogP contribution in [0.25, 0.3) is 0 Å². The van der Waals surface area contributed by atoms with Gasteiger partial charge in [-0.2, -0.15) is 0 Å². The zero-order valence-corrected chi connectivity index (χ0v) is 14.2. The first kappa shape index (κ1) is 20.9. The molecule has 0 bridgehead atoms. The van der Waals surface area contributed by atoms with Crippen molar-refractivity contribution in [2.75, 3.05) is 0 Å². The molecular weight excluding hydrogens is 276 g/mol. The van der Waals surface area contributed by atoms with Crippen LogP contribution in [0, 0.1) is 0 Å². The lowest BCUT2D eigenvalue weighted by molar-refractivity contribution is -0.137. The van der Waals surface area contributed by atoms with Gasteiger partial charge >= 0.3 is 5.97 Å². The van der Waals surface area contributed by atoms with Crippen LogP contribution >= 0.6 is 0 Å². The highest BCUT2D eigenvalue weighted by molar-refractivity contribution is 5.66. The second kappa shape index (κ2) is 16.3. The number of allylic oxidation sites excluding steroid dienone is 3. The van der Waals surface area contributed by atoms with E-state index in [1.807, 2.05) is 18.2 Å². The molecule has 0 radical (unpaired) electrons. The summed E-state index contributed by atoms with van der Waals surface area (Å²) in [5.41, 5.74) is 0. The Bertz CT molecular complexity index is 308. The van der Waals surface area contributed by atoms with Gasteiger partial charge in [-0.05, 0) is 25.7 Å². The normalized spacial score (nSPS) is 13.2. The number of hydrogen-bond acceptors (Lipinski definition) is 2. The molecule has 0 spiro atoms. The lowest BCUT2D eigenvalue weighted by Gasteiger charge is -2.03. The van der Waals surface area contributed by atoms with Gasteiger partial charge in [0.15, 0.2) is 0 Å². The molecule has 0 aromatic carbocycles. The number of aliphatic hydroxyl groups excluding tert-OH is 1. The van der Waals surface area contributed by atoms with Crippen molar-refractivity contribution in [3.8, 4) is 0 Å². The van der Waals surface area contributed by atoms with E-state index >= 15 is 0 Å². The SMILES string of the molecule is CCCCCC(O)/C=C/C=C/CCCCCCCCC(=O)O. The molecule has 0 aliphatic carbocycles. The molecule has 22 heavy (non-hydrogen) atoms. The van der Waals surface area contributed by atoms with E-state index in [9.17, 15) is 9.90 Å². The lowest BCUT2D eigenvalue weighted by Crippen LogP contribution is -2.00. The van der Waals surface area contributed by atoms with Crippen LogP contribution in [-0.2, 0) is 4.79 Å². The summed E-state index contributed by atoms with van der Waals surface area (Å²) < 4.78 is 0. The van der Waals surface area contributed by atoms with Gasteiger partial charge in [0.2, 0.25) is 0 Å². The second-order valence-corrected chi connectivity index (χ2v) is 5.93. The first-order valence-electron chi connectivity index (χ1n) is 8.90. The van der Waals surface area contributed by atoms with Crippen LogP contribution in [0.4, 0.5) is 0 Å². The van der Waals surface area contributed by atoms with Crippen molar-refractivity contribution >= 4 is 5.97 Å². The van der Waals surface area contributed by atoms with E-state index in [-0.39, 0.29) is 6.10 Å². The Morgan fingerprint density at radius 3 is 2.32 bits per heavy atom. The average Bonchev–Trinajstić information content (AvgIpc) is 2.48. The molecule has 0 heterocycles. The van der Waals surface area contributed by atoms with E-state index < -0.39 is 5.97 Å². The predicted molar refractivity (Wildman–Crippen MR) is 93.0 cm³/mol. The molecule has 0 aliphatic heterocycles. The van der Waals surface area contributed by atoms with E-state index in [2.05, 4.69) is 13.0 Å². The Labute approximate surface area is 136 Å². The maximum atomic E-state index is 10.3. The number of carbonyl (C=O) groups is 1. The lowest BCUT2D eigenvalue weighted by atomic mass is 10.1. The fourth-order valence-electron chi connectivity index (χ4n) is 2.31.